The van der Waals surface area contributed by atoms with Gasteiger partial charge in [-0.3, -0.25) is 19.0 Å². The molecule has 0 spiro atoms. The Morgan fingerprint density at radius 3 is 2.06 bits per heavy atom. The van der Waals surface area contributed by atoms with Crippen LogP contribution in [0.25, 0.3) is 10.9 Å². The molecule has 0 aliphatic rings. The van der Waals surface area contributed by atoms with Crippen molar-refractivity contribution in [2.75, 3.05) is 14.2 Å². The third-order valence-electron chi connectivity index (χ3n) is 4.92. The Balaban J connectivity index is 2.30. The molecule has 0 atom stereocenters. The summed E-state index contributed by atoms with van der Waals surface area (Å²) in [6, 6.07) is 11.1. The molecule has 3 rings (SSSR count). The van der Waals surface area contributed by atoms with E-state index in [0.29, 0.717) is 9.59 Å². The molecule has 1 aromatic heterocycles. The van der Waals surface area contributed by atoms with E-state index in [1.807, 2.05) is 0 Å². The highest BCUT2D eigenvalue weighted by atomic mass is 35.5. The van der Waals surface area contributed by atoms with Crippen LogP contribution in [0.15, 0.2) is 48.5 Å². The van der Waals surface area contributed by atoms with Gasteiger partial charge in [-0.15, -0.1) is 0 Å². The Labute approximate surface area is 185 Å². The van der Waals surface area contributed by atoms with E-state index in [1.165, 1.54) is 48.5 Å². The van der Waals surface area contributed by atoms with Gasteiger partial charge in [-0.1, -0.05) is 29.8 Å². The highest BCUT2D eigenvalue weighted by molar-refractivity contribution is 6.30. The van der Waals surface area contributed by atoms with Gasteiger partial charge in [0, 0.05) is 16.0 Å². The summed E-state index contributed by atoms with van der Waals surface area (Å²) in [4.78, 5) is 37.4. The number of para-hydroxylation sites is 1. The third kappa shape index (κ3) is 4.34. The second kappa shape index (κ2) is 9.04. The molecule has 0 radical (unpaired) electrons. The summed E-state index contributed by atoms with van der Waals surface area (Å²) in [6.07, 6.45) is -5.65. The Bertz CT molecular complexity index is 1170. The predicted octanol–water partition coefficient (Wildman–Crippen LogP) is 4.51. The molecule has 0 N–H and O–H groups in total. The van der Waals surface area contributed by atoms with Crippen molar-refractivity contribution < 1.29 is 37.0 Å². The van der Waals surface area contributed by atoms with E-state index < -0.39 is 47.6 Å². The third-order valence-corrected chi connectivity index (χ3v) is 5.17. The van der Waals surface area contributed by atoms with Gasteiger partial charge in [0.05, 0.1) is 19.7 Å². The first-order chi connectivity index (χ1) is 15.1. The smallest absolute Gasteiger partial charge is 0.432 e. The normalized spacial score (nSPS) is 11.6. The molecular formula is C22H17ClF3NO5. The van der Waals surface area contributed by atoms with Crippen molar-refractivity contribution in [3.63, 3.8) is 0 Å². The zero-order chi connectivity index (χ0) is 23.6. The number of rotatable bonds is 5. The summed E-state index contributed by atoms with van der Waals surface area (Å²) < 4.78 is 52.5. The highest BCUT2D eigenvalue weighted by Gasteiger charge is 2.43. The average Bonchev–Trinajstić information content (AvgIpc) is 3.11. The van der Waals surface area contributed by atoms with Gasteiger partial charge in [-0.25, -0.2) is 0 Å². The number of ether oxygens (including phenoxy) is 2. The van der Waals surface area contributed by atoms with Crippen LogP contribution < -0.4 is 0 Å². The van der Waals surface area contributed by atoms with Gasteiger partial charge in [0.1, 0.15) is 5.69 Å². The summed E-state index contributed by atoms with van der Waals surface area (Å²) in [5.41, 5.74) is -1.72. The van der Waals surface area contributed by atoms with Crippen molar-refractivity contribution in [1.29, 1.82) is 0 Å². The first-order valence-corrected chi connectivity index (χ1v) is 9.63. The average molecular weight is 468 g/mol. The maximum atomic E-state index is 14.3. The van der Waals surface area contributed by atoms with Gasteiger partial charge in [-0.05, 0) is 42.3 Å². The lowest BCUT2D eigenvalue weighted by Crippen LogP contribution is -2.30. The molecule has 0 saturated carbocycles. The quantitative estimate of drug-likeness (QED) is 0.408. The predicted molar refractivity (Wildman–Crippen MR) is 109 cm³/mol. The number of benzene rings is 2. The summed E-state index contributed by atoms with van der Waals surface area (Å²) in [5.74, 6) is -4.68. The number of esters is 2. The van der Waals surface area contributed by atoms with Crippen molar-refractivity contribution in [1.82, 2.24) is 4.57 Å². The fourth-order valence-electron chi connectivity index (χ4n) is 3.50. The SMILES string of the molecule is COC(=O)C(Cc1c(C(F)(F)F)n(C(=O)c2ccc(Cl)cc2)c2ccccc12)C(=O)OC. The van der Waals surface area contributed by atoms with Gasteiger partial charge in [-0.2, -0.15) is 13.2 Å². The van der Waals surface area contributed by atoms with E-state index in [-0.39, 0.29) is 16.5 Å². The van der Waals surface area contributed by atoms with Crippen molar-refractivity contribution in [3.05, 3.63) is 70.4 Å². The van der Waals surface area contributed by atoms with Gasteiger partial charge >= 0.3 is 18.1 Å². The fourth-order valence-corrected chi connectivity index (χ4v) is 3.62. The lowest BCUT2D eigenvalue weighted by atomic mass is 9.96. The monoisotopic (exact) mass is 467 g/mol. The number of methoxy groups -OCH3 is 2. The molecule has 6 nitrogen and oxygen atoms in total. The molecule has 168 valence electrons. The number of hydrogen-bond acceptors (Lipinski definition) is 5. The molecule has 3 aromatic rings. The second-order valence-electron chi connectivity index (χ2n) is 6.79. The number of alkyl halides is 3. The van der Waals surface area contributed by atoms with Crippen molar-refractivity contribution >= 4 is 40.3 Å². The Morgan fingerprint density at radius 1 is 0.969 bits per heavy atom. The van der Waals surface area contributed by atoms with Crippen LogP contribution in [0.4, 0.5) is 13.2 Å². The molecule has 10 heteroatoms. The minimum Gasteiger partial charge on any atom is -0.468 e. The van der Waals surface area contributed by atoms with Gasteiger partial charge in [0.25, 0.3) is 5.91 Å². The molecule has 0 amide bonds. The number of hydrogen-bond donors (Lipinski definition) is 0. The zero-order valence-electron chi connectivity index (χ0n) is 16.9. The summed E-state index contributed by atoms with van der Waals surface area (Å²) in [7, 11) is 2.02. The van der Waals surface area contributed by atoms with E-state index in [4.69, 9.17) is 11.6 Å². The van der Waals surface area contributed by atoms with Crippen molar-refractivity contribution in [2.24, 2.45) is 5.92 Å². The number of fused-ring (bicyclic) bond motifs is 1. The Hall–Kier alpha value is -3.33. The minimum absolute atomic E-state index is 0.0234. The second-order valence-corrected chi connectivity index (χ2v) is 7.23. The van der Waals surface area contributed by atoms with Crippen LogP contribution in [0.3, 0.4) is 0 Å². The van der Waals surface area contributed by atoms with Crippen LogP contribution in [0.2, 0.25) is 5.02 Å². The fraction of sp³-hybridized carbons (Fsp3) is 0.227. The van der Waals surface area contributed by atoms with E-state index >= 15 is 0 Å². The first kappa shape index (κ1) is 23.3. The number of carbonyl (C=O) groups is 3. The van der Waals surface area contributed by atoms with Gasteiger partial charge < -0.3 is 9.47 Å². The molecule has 2 aromatic carbocycles. The van der Waals surface area contributed by atoms with E-state index in [2.05, 4.69) is 9.47 Å². The first-order valence-electron chi connectivity index (χ1n) is 9.25. The summed E-state index contributed by atoms with van der Waals surface area (Å²) in [5, 5.41) is 0.384. The van der Waals surface area contributed by atoms with Gasteiger partial charge in [0.2, 0.25) is 0 Å². The molecule has 0 aliphatic carbocycles. The molecular weight excluding hydrogens is 451 g/mol. The Kier molecular flexibility index (Phi) is 6.59. The molecule has 0 saturated heterocycles. The van der Waals surface area contributed by atoms with Crippen LogP contribution in [-0.2, 0) is 31.7 Å². The summed E-state index contributed by atoms with van der Waals surface area (Å²) >= 11 is 5.82. The molecule has 32 heavy (non-hydrogen) atoms. The van der Waals surface area contributed by atoms with Crippen molar-refractivity contribution in [2.45, 2.75) is 12.6 Å². The van der Waals surface area contributed by atoms with Crippen LogP contribution >= 0.6 is 11.6 Å². The zero-order valence-corrected chi connectivity index (χ0v) is 17.7. The van der Waals surface area contributed by atoms with Crippen LogP contribution in [0.1, 0.15) is 21.6 Å². The maximum absolute atomic E-state index is 14.3. The highest BCUT2D eigenvalue weighted by Crippen LogP contribution is 2.40. The number of nitrogens with zero attached hydrogens (tertiary/aromatic N) is 1. The lowest BCUT2D eigenvalue weighted by Gasteiger charge is -2.16. The van der Waals surface area contributed by atoms with Crippen molar-refractivity contribution in [3.8, 4) is 0 Å². The maximum Gasteiger partial charge on any atom is 0.432 e. The summed E-state index contributed by atoms with van der Waals surface area (Å²) in [6.45, 7) is 0. The van der Waals surface area contributed by atoms with E-state index in [1.54, 1.807) is 0 Å². The minimum atomic E-state index is -4.98. The van der Waals surface area contributed by atoms with E-state index in [0.717, 1.165) is 14.2 Å². The van der Waals surface area contributed by atoms with Crippen LogP contribution in [0, 0.1) is 5.92 Å². The standard InChI is InChI=1S/C22H17ClF3NO5/c1-31-20(29)16(21(30)32-2)11-15-14-5-3-4-6-17(14)27(18(15)22(24,25)26)19(28)12-7-9-13(23)10-8-12/h3-10,16H,11H2,1-2H3. The largest absolute Gasteiger partial charge is 0.468 e. The Morgan fingerprint density at radius 2 is 1.53 bits per heavy atom. The van der Waals surface area contributed by atoms with Crippen LogP contribution in [-0.4, -0.2) is 36.6 Å². The lowest BCUT2D eigenvalue weighted by molar-refractivity contribution is -0.159. The van der Waals surface area contributed by atoms with E-state index in [9.17, 15) is 27.6 Å². The number of halogens is 4. The number of aromatic nitrogens is 1. The molecule has 1 heterocycles. The van der Waals surface area contributed by atoms with Gasteiger partial charge in [0.15, 0.2) is 5.92 Å². The molecule has 0 aliphatic heterocycles. The number of carbonyl (C=O) groups excluding carboxylic acids is 3. The molecule has 0 bridgehead atoms. The molecule has 0 fully saturated rings. The topological polar surface area (TPSA) is 74.6 Å². The molecule has 0 unspecified atom stereocenters. The van der Waals surface area contributed by atoms with Crippen LogP contribution in [0.5, 0.6) is 0 Å².